The molecule has 0 aliphatic carbocycles. The second kappa shape index (κ2) is 7.89. The molecule has 0 saturated carbocycles. The van der Waals surface area contributed by atoms with Crippen molar-refractivity contribution in [1.82, 2.24) is 9.71 Å². The van der Waals surface area contributed by atoms with E-state index < -0.39 is 37.6 Å². The molecule has 1 aromatic rings. The number of aromatic nitrogens is 2. The number of aromatic amines is 1. The van der Waals surface area contributed by atoms with Crippen molar-refractivity contribution in [3.8, 4) is 0 Å². The zero-order valence-corrected chi connectivity index (χ0v) is 12.0. The van der Waals surface area contributed by atoms with E-state index in [9.17, 15) is 14.2 Å². The van der Waals surface area contributed by atoms with Gasteiger partial charge in [-0.2, -0.15) is 0 Å². The van der Waals surface area contributed by atoms with Crippen molar-refractivity contribution in [1.29, 1.82) is 0 Å². The summed E-state index contributed by atoms with van der Waals surface area (Å²) in [5, 5.41) is 0. The fourth-order valence-electron chi connectivity index (χ4n) is 1.71. The first-order valence-electron chi connectivity index (χ1n) is 6.02. The van der Waals surface area contributed by atoms with Crippen molar-refractivity contribution < 1.29 is 28.7 Å². The van der Waals surface area contributed by atoms with E-state index in [-0.39, 0.29) is 42.6 Å². The third-order valence-electron chi connectivity index (χ3n) is 2.72. The van der Waals surface area contributed by atoms with Crippen molar-refractivity contribution in [2.75, 3.05) is 13.0 Å². The SMILES string of the molecule is Cc1cn(OC2C[C@H](OCP(=O)(O)O)CO2)c(=O)[nH]c1=O.[NaH]. The molecule has 1 aliphatic rings. The summed E-state index contributed by atoms with van der Waals surface area (Å²) in [6.45, 7) is 1.60. The van der Waals surface area contributed by atoms with Crippen LogP contribution in [0.15, 0.2) is 15.8 Å². The van der Waals surface area contributed by atoms with Gasteiger partial charge in [-0.15, -0.1) is 4.73 Å². The first-order valence-corrected chi connectivity index (χ1v) is 7.82. The second-order valence-corrected chi connectivity index (χ2v) is 6.17. The van der Waals surface area contributed by atoms with Crippen LogP contribution in [0.4, 0.5) is 0 Å². The van der Waals surface area contributed by atoms with Crippen molar-refractivity contribution in [2.45, 2.75) is 25.7 Å². The summed E-state index contributed by atoms with van der Waals surface area (Å²) in [5.41, 5.74) is -0.953. The van der Waals surface area contributed by atoms with Gasteiger partial charge >= 0.3 is 42.8 Å². The molecule has 2 heterocycles. The van der Waals surface area contributed by atoms with Gasteiger partial charge in [0, 0.05) is 12.0 Å². The molecular weight excluding hydrogens is 330 g/mol. The average Bonchev–Trinajstić information content (AvgIpc) is 2.80. The predicted octanol–water partition coefficient (Wildman–Crippen LogP) is -2.11. The van der Waals surface area contributed by atoms with Crippen LogP contribution in [-0.2, 0) is 14.0 Å². The van der Waals surface area contributed by atoms with Crippen molar-refractivity contribution >= 4 is 37.2 Å². The number of rotatable bonds is 5. The first kappa shape index (κ1) is 19.6. The van der Waals surface area contributed by atoms with E-state index in [1.807, 2.05) is 0 Å². The second-order valence-electron chi connectivity index (χ2n) is 4.58. The summed E-state index contributed by atoms with van der Waals surface area (Å²) in [4.78, 5) is 47.5. The summed E-state index contributed by atoms with van der Waals surface area (Å²) in [7, 11) is -4.24. The quantitative estimate of drug-likeness (QED) is 0.407. The summed E-state index contributed by atoms with van der Waals surface area (Å²) in [6, 6.07) is 0. The fraction of sp³-hybridized carbons (Fsp3) is 0.600. The first-order chi connectivity index (χ1) is 9.74. The van der Waals surface area contributed by atoms with Crippen LogP contribution in [0.3, 0.4) is 0 Å². The predicted molar refractivity (Wildman–Crippen MR) is 75.9 cm³/mol. The maximum atomic E-state index is 11.5. The minimum atomic E-state index is -4.24. The molecule has 1 saturated heterocycles. The van der Waals surface area contributed by atoms with Gasteiger partial charge in [-0.05, 0) is 6.92 Å². The molecule has 1 unspecified atom stereocenters. The third kappa shape index (κ3) is 5.64. The Morgan fingerprint density at radius 3 is 2.82 bits per heavy atom. The van der Waals surface area contributed by atoms with Crippen LogP contribution < -0.4 is 16.1 Å². The number of nitrogens with one attached hydrogen (secondary N) is 1. The Morgan fingerprint density at radius 2 is 2.18 bits per heavy atom. The van der Waals surface area contributed by atoms with Gasteiger partial charge in [0.25, 0.3) is 5.56 Å². The molecule has 10 nitrogen and oxygen atoms in total. The molecule has 1 fully saturated rings. The normalized spacial score (nSPS) is 21.4. The molecule has 12 heteroatoms. The fourth-order valence-corrected chi connectivity index (χ4v) is 2.11. The number of ether oxygens (including phenoxy) is 2. The topological polar surface area (TPSA) is 140 Å². The van der Waals surface area contributed by atoms with Crippen LogP contribution in [0.5, 0.6) is 0 Å². The van der Waals surface area contributed by atoms with Crippen molar-refractivity contribution in [3.63, 3.8) is 0 Å². The number of hydrogen-bond donors (Lipinski definition) is 3. The molecule has 120 valence electrons. The summed E-state index contributed by atoms with van der Waals surface area (Å²) in [5.74, 6) is 0. The average molecular weight is 346 g/mol. The van der Waals surface area contributed by atoms with Gasteiger partial charge in [0.15, 0.2) is 0 Å². The van der Waals surface area contributed by atoms with E-state index in [1.165, 1.54) is 13.1 Å². The molecule has 22 heavy (non-hydrogen) atoms. The van der Waals surface area contributed by atoms with Gasteiger partial charge in [-0.25, -0.2) is 4.79 Å². The maximum absolute atomic E-state index is 11.5. The number of nitrogens with zero attached hydrogens (tertiary/aromatic N) is 1. The Balaban J connectivity index is 0.00000242. The summed E-state index contributed by atoms with van der Waals surface area (Å²) in [6.07, 6.45) is -0.623. The van der Waals surface area contributed by atoms with E-state index in [4.69, 9.17) is 24.1 Å². The Morgan fingerprint density at radius 1 is 1.50 bits per heavy atom. The van der Waals surface area contributed by atoms with E-state index in [1.54, 1.807) is 0 Å². The monoisotopic (exact) mass is 346 g/mol. The molecule has 0 aromatic carbocycles. The summed E-state index contributed by atoms with van der Waals surface area (Å²) >= 11 is 0. The van der Waals surface area contributed by atoms with E-state index in [0.29, 0.717) is 5.56 Å². The van der Waals surface area contributed by atoms with Crippen LogP contribution >= 0.6 is 7.60 Å². The van der Waals surface area contributed by atoms with Gasteiger partial charge < -0.3 is 24.1 Å². The molecular formula is C10H16N2NaO8P. The van der Waals surface area contributed by atoms with Crippen molar-refractivity contribution in [3.05, 3.63) is 32.6 Å². The molecule has 3 N–H and O–H groups in total. The van der Waals surface area contributed by atoms with E-state index >= 15 is 0 Å². The molecule has 0 bridgehead atoms. The Labute approximate surface area is 146 Å². The van der Waals surface area contributed by atoms with E-state index in [0.717, 1.165) is 4.73 Å². The van der Waals surface area contributed by atoms with Gasteiger partial charge in [-0.1, -0.05) is 0 Å². The van der Waals surface area contributed by atoms with Gasteiger partial charge in [-0.3, -0.25) is 14.3 Å². The summed E-state index contributed by atoms with van der Waals surface area (Å²) < 4.78 is 21.7. The molecule has 0 amide bonds. The van der Waals surface area contributed by atoms with Crippen LogP contribution in [0.25, 0.3) is 0 Å². The molecule has 1 aromatic heterocycles. The van der Waals surface area contributed by atoms with Crippen LogP contribution in [0.1, 0.15) is 12.0 Å². The van der Waals surface area contributed by atoms with Gasteiger partial charge in [0.2, 0.25) is 6.29 Å². The zero-order chi connectivity index (χ0) is 15.6. The number of hydrogen-bond acceptors (Lipinski definition) is 6. The molecule has 2 atom stereocenters. The molecule has 0 radical (unpaired) electrons. The Kier molecular flexibility index (Phi) is 7.03. The third-order valence-corrected chi connectivity index (χ3v) is 3.21. The Bertz CT molecular complexity index is 668. The minimum absolute atomic E-state index is 0. The van der Waals surface area contributed by atoms with Gasteiger partial charge in [0.05, 0.1) is 18.9 Å². The number of H-pyrrole nitrogens is 1. The van der Waals surface area contributed by atoms with Crippen LogP contribution in [-0.4, -0.2) is 74.4 Å². The van der Waals surface area contributed by atoms with Crippen LogP contribution in [0.2, 0.25) is 0 Å². The van der Waals surface area contributed by atoms with Gasteiger partial charge in [0.1, 0.15) is 6.35 Å². The van der Waals surface area contributed by atoms with Crippen LogP contribution in [0, 0.1) is 6.92 Å². The zero-order valence-electron chi connectivity index (χ0n) is 11.1. The Hall–Kier alpha value is -0.450. The molecule has 2 rings (SSSR count). The molecule has 1 aliphatic heterocycles. The molecule has 0 spiro atoms. The van der Waals surface area contributed by atoms with E-state index in [2.05, 4.69) is 4.98 Å². The van der Waals surface area contributed by atoms with Crippen molar-refractivity contribution in [2.24, 2.45) is 0 Å². The standard InChI is InChI=1S/C10H15N2O8P.Na.H/c1-6-3-12(10(14)11-9(6)13)20-8-2-7(4-18-8)19-5-21(15,16)17;;/h3,7-8H,2,4-5H2,1H3,(H,11,13,14)(H2,15,16,17);;/t7-,8?;;/m0../s1. The number of aryl methyl sites for hydroxylation is 1.